The average molecular weight is 231 g/mol. The Kier molecular flexibility index (Phi) is 3.59. The first kappa shape index (κ1) is 11.9. The fourth-order valence-corrected chi connectivity index (χ4v) is 1.78. The van der Waals surface area contributed by atoms with E-state index in [9.17, 15) is 13.2 Å². The Morgan fingerprint density at radius 2 is 2.20 bits per heavy atom. The van der Waals surface area contributed by atoms with Crippen molar-refractivity contribution in [2.24, 2.45) is 0 Å². The molecule has 0 radical (unpaired) electrons. The molecule has 0 spiro atoms. The summed E-state index contributed by atoms with van der Waals surface area (Å²) in [7, 11) is -1.46. The number of aromatic amines is 1. The number of nitrogens with zero attached hydrogens (tertiary/aromatic N) is 1. The van der Waals surface area contributed by atoms with E-state index in [2.05, 4.69) is 15.3 Å². The van der Waals surface area contributed by atoms with E-state index in [0.717, 1.165) is 6.26 Å². The predicted octanol–water partition coefficient (Wildman–Crippen LogP) is -0.966. The van der Waals surface area contributed by atoms with Crippen molar-refractivity contribution in [1.82, 2.24) is 15.3 Å². The van der Waals surface area contributed by atoms with Gasteiger partial charge in [-0.25, -0.2) is 13.4 Å². The van der Waals surface area contributed by atoms with Crippen LogP contribution in [0.1, 0.15) is 11.5 Å². The molecule has 6 nitrogen and oxygen atoms in total. The average Bonchev–Trinajstić information content (AvgIpc) is 1.99. The lowest BCUT2D eigenvalue weighted by Crippen LogP contribution is -2.18. The minimum Gasteiger partial charge on any atom is -0.314 e. The van der Waals surface area contributed by atoms with E-state index in [1.54, 1.807) is 7.05 Å². The molecule has 0 aliphatic heterocycles. The van der Waals surface area contributed by atoms with Gasteiger partial charge in [0.15, 0.2) is 9.84 Å². The molecule has 0 fully saturated rings. The second kappa shape index (κ2) is 4.54. The lowest BCUT2D eigenvalue weighted by Gasteiger charge is -2.02. The monoisotopic (exact) mass is 231 g/mol. The van der Waals surface area contributed by atoms with Crippen molar-refractivity contribution in [2.75, 3.05) is 13.3 Å². The van der Waals surface area contributed by atoms with Crippen molar-refractivity contribution in [1.29, 1.82) is 0 Å². The minimum absolute atomic E-state index is 0.176. The minimum atomic E-state index is -3.18. The zero-order chi connectivity index (χ0) is 11.5. The Balaban J connectivity index is 3.04. The van der Waals surface area contributed by atoms with Gasteiger partial charge < -0.3 is 10.3 Å². The standard InChI is InChI=1S/C8H13N3O3S/c1-9-4-6-3-8(12)11-7(10-6)5-15(2,13)14/h3,9H,4-5H2,1-2H3,(H,10,11,12). The highest BCUT2D eigenvalue weighted by molar-refractivity contribution is 7.89. The van der Waals surface area contributed by atoms with Crippen LogP contribution in [0.25, 0.3) is 0 Å². The van der Waals surface area contributed by atoms with Crippen LogP contribution in [0.3, 0.4) is 0 Å². The number of rotatable bonds is 4. The highest BCUT2D eigenvalue weighted by Gasteiger charge is 2.08. The molecule has 0 atom stereocenters. The van der Waals surface area contributed by atoms with Crippen molar-refractivity contribution in [3.8, 4) is 0 Å². The lowest BCUT2D eigenvalue weighted by molar-refractivity contribution is 0.599. The van der Waals surface area contributed by atoms with Crippen LogP contribution in [0, 0.1) is 0 Å². The molecule has 1 aromatic rings. The molecule has 84 valence electrons. The molecule has 0 amide bonds. The fourth-order valence-electron chi connectivity index (χ4n) is 1.15. The number of hydrogen-bond acceptors (Lipinski definition) is 5. The highest BCUT2D eigenvalue weighted by Crippen LogP contribution is 1.97. The molecule has 1 aromatic heterocycles. The summed E-state index contributed by atoms with van der Waals surface area (Å²) in [6, 6.07) is 1.34. The third-order valence-corrected chi connectivity index (χ3v) is 2.40. The van der Waals surface area contributed by atoms with E-state index in [4.69, 9.17) is 0 Å². The highest BCUT2D eigenvalue weighted by atomic mass is 32.2. The fraction of sp³-hybridized carbons (Fsp3) is 0.500. The van der Waals surface area contributed by atoms with E-state index in [1.807, 2.05) is 0 Å². The van der Waals surface area contributed by atoms with Crippen molar-refractivity contribution in [2.45, 2.75) is 12.3 Å². The Morgan fingerprint density at radius 1 is 1.53 bits per heavy atom. The third kappa shape index (κ3) is 4.22. The summed E-state index contributed by atoms with van der Waals surface area (Å²) in [5.41, 5.74) is 0.189. The molecule has 0 saturated heterocycles. The van der Waals surface area contributed by atoms with E-state index in [0.29, 0.717) is 12.2 Å². The number of nitrogens with one attached hydrogen (secondary N) is 2. The molecule has 0 bridgehead atoms. The Bertz CT molecular complexity index is 492. The van der Waals surface area contributed by atoms with Crippen LogP contribution >= 0.6 is 0 Å². The van der Waals surface area contributed by atoms with E-state index in [1.165, 1.54) is 6.07 Å². The van der Waals surface area contributed by atoms with Gasteiger partial charge in [0.1, 0.15) is 11.6 Å². The van der Waals surface area contributed by atoms with E-state index >= 15 is 0 Å². The molecule has 0 aromatic carbocycles. The van der Waals surface area contributed by atoms with Gasteiger partial charge in [-0.2, -0.15) is 0 Å². The van der Waals surface area contributed by atoms with Crippen LogP contribution in [-0.4, -0.2) is 31.7 Å². The van der Waals surface area contributed by atoms with Gasteiger partial charge >= 0.3 is 0 Å². The Labute approximate surface area is 87.7 Å². The molecular weight excluding hydrogens is 218 g/mol. The topological polar surface area (TPSA) is 91.9 Å². The normalized spacial score (nSPS) is 11.6. The van der Waals surface area contributed by atoms with Crippen molar-refractivity contribution >= 4 is 9.84 Å². The molecule has 0 aliphatic carbocycles. The summed E-state index contributed by atoms with van der Waals surface area (Å²) in [5.74, 6) is -0.0740. The van der Waals surface area contributed by atoms with Gasteiger partial charge in [0.25, 0.3) is 5.56 Å². The smallest absolute Gasteiger partial charge is 0.251 e. The maximum atomic E-state index is 11.2. The second-order valence-electron chi connectivity index (χ2n) is 3.28. The van der Waals surface area contributed by atoms with Crippen LogP contribution in [0.15, 0.2) is 10.9 Å². The van der Waals surface area contributed by atoms with Crippen LogP contribution < -0.4 is 10.9 Å². The quantitative estimate of drug-likeness (QED) is 0.696. The van der Waals surface area contributed by atoms with Gasteiger partial charge in [0.05, 0.1) is 5.69 Å². The van der Waals surface area contributed by atoms with Crippen molar-refractivity contribution in [3.05, 3.63) is 27.9 Å². The zero-order valence-electron chi connectivity index (χ0n) is 8.57. The molecule has 15 heavy (non-hydrogen) atoms. The first-order valence-electron chi connectivity index (χ1n) is 4.32. The maximum absolute atomic E-state index is 11.2. The second-order valence-corrected chi connectivity index (χ2v) is 5.42. The number of H-pyrrole nitrogens is 1. The number of aromatic nitrogens is 2. The van der Waals surface area contributed by atoms with Crippen LogP contribution in [0.5, 0.6) is 0 Å². The van der Waals surface area contributed by atoms with Gasteiger partial charge in [-0.15, -0.1) is 0 Å². The predicted molar refractivity (Wildman–Crippen MR) is 56.2 cm³/mol. The first-order valence-corrected chi connectivity index (χ1v) is 6.38. The van der Waals surface area contributed by atoms with Gasteiger partial charge in [0, 0.05) is 18.9 Å². The van der Waals surface area contributed by atoms with Crippen molar-refractivity contribution in [3.63, 3.8) is 0 Å². The van der Waals surface area contributed by atoms with Gasteiger partial charge in [-0.3, -0.25) is 4.79 Å². The first-order chi connectivity index (χ1) is 6.90. The summed E-state index contributed by atoms with van der Waals surface area (Å²) >= 11 is 0. The van der Waals surface area contributed by atoms with Gasteiger partial charge in [-0.1, -0.05) is 0 Å². The summed E-state index contributed by atoms with van der Waals surface area (Å²) in [6.07, 6.45) is 1.09. The number of hydrogen-bond donors (Lipinski definition) is 2. The molecule has 2 N–H and O–H groups in total. The van der Waals surface area contributed by atoms with Gasteiger partial charge in [0.2, 0.25) is 0 Å². The number of sulfone groups is 1. The molecule has 1 rings (SSSR count). The summed E-state index contributed by atoms with van der Waals surface area (Å²) < 4.78 is 22.0. The SMILES string of the molecule is CNCc1cc(=O)[nH]c(CS(C)(=O)=O)n1. The van der Waals surface area contributed by atoms with E-state index in [-0.39, 0.29) is 17.1 Å². The largest absolute Gasteiger partial charge is 0.314 e. The van der Waals surface area contributed by atoms with E-state index < -0.39 is 9.84 Å². The summed E-state index contributed by atoms with van der Waals surface area (Å²) in [4.78, 5) is 17.6. The van der Waals surface area contributed by atoms with Crippen LogP contribution in [0.4, 0.5) is 0 Å². The molecule has 7 heteroatoms. The molecule has 0 unspecified atom stereocenters. The zero-order valence-corrected chi connectivity index (χ0v) is 9.39. The molecular formula is C8H13N3O3S. The van der Waals surface area contributed by atoms with Crippen molar-refractivity contribution < 1.29 is 8.42 Å². The summed E-state index contributed by atoms with van der Waals surface area (Å²) in [5, 5.41) is 2.84. The third-order valence-electron chi connectivity index (χ3n) is 1.60. The molecule has 1 heterocycles. The molecule has 0 saturated carbocycles. The Morgan fingerprint density at radius 3 is 2.73 bits per heavy atom. The van der Waals surface area contributed by atoms with Crippen LogP contribution in [0.2, 0.25) is 0 Å². The summed E-state index contributed by atoms with van der Waals surface area (Å²) in [6.45, 7) is 0.431. The molecule has 0 aliphatic rings. The van der Waals surface area contributed by atoms with Gasteiger partial charge in [-0.05, 0) is 7.05 Å². The Hall–Kier alpha value is -1.21. The lowest BCUT2D eigenvalue weighted by atomic mass is 10.4. The maximum Gasteiger partial charge on any atom is 0.251 e. The van der Waals surface area contributed by atoms with Crippen LogP contribution in [-0.2, 0) is 22.1 Å².